The fourth-order valence-corrected chi connectivity index (χ4v) is 2.25. The zero-order chi connectivity index (χ0) is 13.9. The number of aliphatic hydroxyl groups excluding tert-OH is 3. The lowest BCUT2D eigenvalue weighted by Gasteiger charge is -2.29. The van der Waals surface area contributed by atoms with E-state index in [1.807, 2.05) is 6.92 Å². The minimum Gasteiger partial charge on any atom is -0.389 e. The van der Waals surface area contributed by atoms with Crippen molar-refractivity contribution in [2.45, 2.75) is 50.9 Å². The third kappa shape index (κ3) is 3.80. The molecule has 0 spiro atoms. The second-order valence-corrected chi connectivity index (χ2v) is 5.33. The van der Waals surface area contributed by atoms with Crippen molar-refractivity contribution < 1.29 is 15.3 Å². The molecule has 0 aromatic carbocycles. The van der Waals surface area contributed by atoms with Gasteiger partial charge in [-0.1, -0.05) is 25.3 Å². The van der Waals surface area contributed by atoms with E-state index in [9.17, 15) is 15.3 Å². The summed E-state index contributed by atoms with van der Waals surface area (Å²) >= 11 is 0. The molecule has 1 aliphatic carbocycles. The zero-order valence-electron chi connectivity index (χ0n) is 11.1. The molecule has 102 valence electrons. The third-order valence-electron chi connectivity index (χ3n) is 3.78. The summed E-state index contributed by atoms with van der Waals surface area (Å²) in [5, 5.41) is 30.0. The molecule has 0 heterocycles. The van der Waals surface area contributed by atoms with Gasteiger partial charge in [0.2, 0.25) is 0 Å². The summed E-state index contributed by atoms with van der Waals surface area (Å²) in [5.41, 5.74) is 2.10. The van der Waals surface area contributed by atoms with E-state index in [1.54, 1.807) is 0 Å². The molecule has 0 aliphatic heterocycles. The van der Waals surface area contributed by atoms with Crippen LogP contribution < -0.4 is 0 Å². The van der Waals surface area contributed by atoms with Gasteiger partial charge in [-0.2, -0.15) is 0 Å². The second kappa shape index (κ2) is 6.32. The highest BCUT2D eigenvalue weighted by Gasteiger charge is 2.26. The number of allylic oxidation sites excluding steroid dienone is 1. The fourth-order valence-electron chi connectivity index (χ4n) is 2.25. The molecule has 0 aromatic heterocycles. The minimum absolute atomic E-state index is 0.00815. The lowest BCUT2D eigenvalue weighted by Crippen LogP contribution is -2.28. The van der Waals surface area contributed by atoms with Gasteiger partial charge in [-0.3, -0.25) is 0 Å². The summed E-state index contributed by atoms with van der Waals surface area (Å²) in [4.78, 5) is 0. The molecule has 0 aromatic rings. The highest BCUT2D eigenvalue weighted by Crippen LogP contribution is 2.29. The van der Waals surface area contributed by atoms with Crippen molar-refractivity contribution in [1.82, 2.24) is 0 Å². The van der Waals surface area contributed by atoms with E-state index in [-0.39, 0.29) is 5.92 Å². The monoisotopic (exact) mass is 252 g/mol. The van der Waals surface area contributed by atoms with Crippen molar-refractivity contribution >= 4 is 0 Å². The highest BCUT2D eigenvalue weighted by molar-refractivity contribution is 5.15. The van der Waals surface area contributed by atoms with Crippen LogP contribution in [0.2, 0.25) is 0 Å². The number of hydrogen-bond donors (Lipinski definition) is 3. The number of hydrogen-bond acceptors (Lipinski definition) is 3. The van der Waals surface area contributed by atoms with Crippen molar-refractivity contribution in [1.29, 1.82) is 0 Å². The van der Waals surface area contributed by atoms with E-state index in [2.05, 4.69) is 19.7 Å². The Morgan fingerprint density at radius 3 is 2.17 bits per heavy atom. The molecule has 0 amide bonds. The predicted octanol–water partition coefficient (Wildman–Crippen LogP) is 1.95. The van der Waals surface area contributed by atoms with Crippen LogP contribution in [-0.4, -0.2) is 33.6 Å². The third-order valence-corrected chi connectivity index (χ3v) is 3.78. The second-order valence-electron chi connectivity index (χ2n) is 5.33. The van der Waals surface area contributed by atoms with Crippen LogP contribution in [-0.2, 0) is 0 Å². The van der Waals surface area contributed by atoms with Crippen molar-refractivity contribution in [3.8, 4) is 0 Å². The smallest absolute Gasteiger partial charge is 0.0778 e. The van der Waals surface area contributed by atoms with Crippen molar-refractivity contribution in [2.24, 2.45) is 5.92 Å². The molecular formula is C15H24O3. The van der Waals surface area contributed by atoms with E-state index in [4.69, 9.17) is 0 Å². The summed E-state index contributed by atoms with van der Waals surface area (Å²) in [6, 6.07) is 0. The van der Waals surface area contributed by atoms with Crippen molar-refractivity contribution in [3.63, 3.8) is 0 Å². The summed E-state index contributed by atoms with van der Waals surface area (Å²) < 4.78 is 0. The first kappa shape index (κ1) is 15.2. The fraction of sp³-hybridized carbons (Fsp3) is 0.600. The van der Waals surface area contributed by atoms with Crippen molar-refractivity contribution in [3.05, 3.63) is 36.5 Å². The predicted molar refractivity (Wildman–Crippen MR) is 73.1 cm³/mol. The molecule has 0 radical (unpaired) electrons. The molecule has 3 nitrogen and oxygen atoms in total. The summed E-state index contributed by atoms with van der Waals surface area (Å²) in [6.07, 6.45) is -0.143. The first-order valence-electron chi connectivity index (χ1n) is 6.38. The Bertz CT molecular complexity index is 346. The van der Waals surface area contributed by atoms with Gasteiger partial charge in [-0.25, -0.2) is 0 Å². The van der Waals surface area contributed by atoms with E-state index >= 15 is 0 Å². The van der Waals surface area contributed by atoms with Crippen LogP contribution in [0, 0.1) is 5.92 Å². The average molecular weight is 252 g/mol. The molecule has 0 bridgehead atoms. The maximum atomic E-state index is 10.0. The lowest BCUT2D eigenvalue weighted by atomic mass is 9.82. The van der Waals surface area contributed by atoms with Gasteiger partial charge in [-0.05, 0) is 49.7 Å². The van der Waals surface area contributed by atoms with Crippen LogP contribution in [0.25, 0.3) is 0 Å². The Morgan fingerprint density at radius 1 is 1.06 bits per heavy atom. The molecule has 18 heavy (non-hydrogen) atoms. The molecule has 1 fully saturated rings. The molecular weight excluding hydrogens is 228 g/mol. The van der Waals surface area contributed by atoms with Gasteiger partial charge in [0.25, 0.3) is 0 Å². The van der Waals surface area contributed by atoms with Gasteiger partial charge in [0.1, 0.15) is 0 Å². The van der Waals surface area contributed by atoms with Gasteiger partial charge < -0.3 is 15.3 Å². The molecule has 3 heteroatoms. The number of rotatable bonds is 1. The Hall–Kier alpha value is -0.900. The summed E-state index contributed by atoms with van der Waals surface area (Å²) in [7, 11) is 0. The molecule has 1 rings (SSSR count). The van der Waals surface area contributed by atoms with Crippen LogP contribution in [0.1, 0.15) is 32.6 Å². The van der Waals surface area contributed by atoms with E-state index < -0.39 is 18.3 Å². The van der Waals surface area contributed by atoms with E-state index in [0.29, 0.717) is 31.3 Å². The number of aliphatic hydroxyl groups is 3. The first-order valence-corrected chi connectivity index (χ1v) is 6.38. The van der Waals surface area contributed by atoms with E-state index in [1.165, 1.54) is 0 Å². The topological polar surface area (TPSA) is 60.7 Å². The SMILES string of the molecule is C=C(C)[C@H]1C[C@@H](O)C(=C)CC[C@@H](O)C(=C)[C@@H](O)C1. The quantitative estimate of drug-likeness (QED) is 0.625. The molecule has 3 N–H and O–H groups in total. The first-order chi connectivity index (χ1) is 8.32. The normalized spacial score (nSPS) is 35.3. The lowest BCUT2D eigenvalue weighted by molar-refractivity contribution is 0.104. The zero-order valence-corrected chi connectivity index (χ0v) is 11.1. The minimum atomic E-state index is -0.750. The maximum absolute atomic E-state index is 10.0. The average Bonchev–Trinajstić information content (AvgIpc) is 2.31. The largest absolute Gasteiger partial charge is 0.389 e. The Balaban J connectivity index is 2.89. The standard InChI is InChI=1S/C15H24O3/c1-9(2)12-7-14(17)10(3)5-6-13(16)11(4)15(18)8-12/h12-18H,1,3-8H2,2H3/t12-,13+,14+,15-/m0/s1. The molecule has 0 unspecified atom stereocenters. The summed E-state index contributed by atoms with van der Waals surface area (Å²) in [5.74, 6) is 0.00815. The van der Waals surface area contributed by atoms with Gasteiger partial charge in [0.05, 0.1) is 18.3 Å². The van der Waals surface area contributed by atoms with Crippen molar-refractivity contribution in [2.75, 3.05) is 0 Å². The van der Waals surface area contributed by atoms with Crippen LogP contribution in [0.15, 0.2) is 36.5 Å². The van der Waals surface area contributed by atoms with Gasteiger partial charge in [-0.15, -0.1) is 0 Å². The van der Waals surface area contributed by atoms with Crippen LogP contribution >= 0.6 is 0 Å². The molecule has 4 atom stereocenters. The van der Waals surface area contributed by atoms with Crippen LogP contribution in [0.3, 0.4) is 0 Å². The highest BCUT2D eigenvalue weighted by atomic mass is 16.3. The molecule has 0 saturated heterocycles. The van der Waals surface area contributed by atoms with Gasteiger partial charge in [0, 0.05) is 0 Å². The van der Waals surface area contributed by atoms with Crippen LogP contribution in [0.5, 0.6) is 0 Å². The van der Waals surface area contributed by atoms with Gasteiger partial charge >= 0.3 is 0 Å². The summed E-state index contributed by atoms with van der Waals surface area (Å²) in [6.45, 7) is 13.4. The van der Waals surface area contributed by atoms with Gasteiger partial charge in [0.15, 0.2) is 0 Å². The Morgan fingerprint density at radius 2 is 1.61 bits per heavy atom. The molecule has 1 aliphatic rings. The Kier molecular flexibility index (Phi) is 5.32. The van der Waals surface area contributed by atoms with E-state index in [0.717, 1.165) is 11.1 Å². The maximum Gasteiger partial charge on any atom is 0.0778 e. The van der Waals surface area contributed by atoms with Crippen LogP contribution in [0.4, 0.5) is 0 Å². The Labute approximate surface area is 109 Å². The molecule has 1 saturated carbocycles.